The van der Waals surface area contributed by atoms with E-state index in [1.54, 1.807) is 14.2 Å². The number of carboxylic acids is 1. The number of hydrogen-bond donors (Lipinski definition) is 1. The molecule has 0 unspecified atom stereocenters. The van der Waals surface area contributed by atoms with E-state index in [1.165, 1.54) is 0 Å². The van der Waals surface area contributed by atoms with E-state index >= 15 is 0 Å². The maximum absolute atomic E-state index is 10.8. The Morgan fingerprint density at radius 3 is 2.38 bits per heavy atom. The molecule has 0 aliphatic carbocycles. The molecule has 0 bridgehead atoms. The van der Waals surface area contributed by atoms with Crippen LogP contribution < -0.4 is 9.47 Å². The molecule has 0 aliphatic heterocycles. The first-order valence-corrected chi connectivity index (χ1v) is 6.96. The number of nitrogens with zero attached hydrogens (tertiary/aromatic N) is 1. The number of carboxylic acid groups (broad SMARTS) is 1. The Hall–Kier alpha value is -1.75. The number of ether oxygens (including phenoxy) is 2. The smallest absolute Gasteiger partial charge is 0.304 e. The third-order valence-electron chi connectivity index (χ3n) is 3.39. The van der Waals surface area contributed by atoms with Crippen LogP contribution >= 0.6 is 0 Å². The number of aliphatic carboxylic acids is 1. The second kappa shape index (κ2) is 7.31. The molecule has 1 N–H and O–H groups in total. The molecule has 0 radical (unpaired) electrons. The number of benzene rings is 1. The van der Waals surface area contributed by atoms with Crippen LogP contribution in [-0.2, 0) is 11.3 Å². The summed E-state index contributed by atoms with van der Waals surface area (Å²) in [7, 11) is 3.22. The molecule has 21 heavy (non-hydrogen) atoms. The summed E-state index contributed by atoms with van der Waals surface area (Å²) in [5, 5.41) is 8.91. The lowest BCUT2D eigenvalue weighted by Gasteiger charge is -2.35. The fourth-order valence-corrected chi connectivity index (χ4v) is 2.17. The van der Waals surface area contributed by atoms with E-state index < -0.39 is 5.97 Å². The topological polar surface area (TPSA) is 59.0 Å². The van der Waals surface area contributed by atoms with Gasteiger partial charge in [0.1, 0.15) is 0 Å². The highest BCUT2D eigenvalue weighted by atomic mass is 16.5. The summed E-state index contributed by atoms with van der Waals surface area (Å²) in [4.78, 5) is 13.0. The minimum Gasteiger partial charge on any atom is -0.493 e. The minimum atomic E-state index is -0.790. The molecule has 0 heterocycles. The molecular formula is C16H25NO4. The third-order valence-corrected chi connectivity index (χ3v) is 3.39. The van der Waals surface area contributed by atoms with Crippen molar-refractivity contribution in [3.05, 3.63) is 23.8 Å². The quantitative estimate of drug-likeness (QED) is 0.838. The van der Waals surface area contributed by atoms with Crippen molar-refractivity contribution < 1.29 is 19.4 Å². The van der Waals surface area contributed by atoms with Crippen LogP contribution in [0, 0.1) is 0 Å². The van der Waals surface area contributed by atoms with E-state index in [-0.39, 0.29) is 12.0 Å². The van der Waals surface area contributed by atoms with Crippen molar-refractivity contribution in [3.63, 3.8) is 0 Å². The van der Waals surface area contributed by atoms with E-state index in [2.05, 4.69) is 25.7 Å². The summed E-state index contributed by atoms with van der Waals surface area (Å²) >= 11 is 0. The zero-order valence-corrected chi connectivity index (χ0v) is 13.5. The Bertz CT molecular complexity index is 480. The Kier molecular flexibility index (Phi) is 6.03. The first kappa shape index (κ1) is 17.3. The first-order chi connectivity index (χ1) is 9.79. The molecular weight excluding hydrogens is 270 g/mol. The van der Waals surface area contributed by atoms with Crippen LogP contribution in [0.3, 0.4) is 0 Å². The van der Waals surface area contributed by atoms with Gasteiger partial charge in [-0.15, -0.1) is 0 Å². The van der Waals surface area contributed by atoms with Crippen molar-refractivity contribution in [2.75, 3.05) is 20.8 Å². The lowest BCUT2D eigenvalue weighted by Crippen LogP contribution is -2.42. The molecule has 0 aromatic heterocycles. The largest absolute Gasteiger partial charge is 0.493 e. The van der Waals surface area contributed by atoms with Gasteiger partial charge in [0.05, 0.1) is 20.6 Å². The van der Waals surface area contributed by atoms with E-state index in [9.17, 15) is 4.79 Å². The van der Waals surface area contributed by atoms with Crippen molar-refractivity contribution in [3.8, 4) is 11.5 Å². The molecule has 0 fully saturated rings. The third kappa shape index (κ3) is 4.93. The minimum absolute atomic E-state index is 0.115. The van der Waals surface area contributed by atoms with Crippen molar-refractivity contribution in [2.24, 2.45) is 0 Å². The Morgan fingerprint density at radius 2 is 1.90 bits per heavy atom. The van der Waals surface area contributed by atoms with Crippen molar-refractivity contribution in [2.45, 2.75) is 39.3 Å². The van der Waals surface area contributed by atoms with Gasteiger partial charge in [0.25, 0.3) is 0 Å². The van der Waals surface area contributed by atoms with Gasteiger partial charge in [-0.3, -0.25) is 9.69 Å². The van der Waals surface area contributed by atoms with Gasteiger partial charge >= 0.3 is 5.97 Å². The van der Waals surface area contributed by atoms with Gasteiger partial charge in [0.2, 0.25) is 0 Å². The molecule has 5 nitrogen and oxygen atoms in total. The zero-order chi connectivity index (χ0) is 16.0. The maximum Gasteiger partial charge on any atom is 0.304 e. The molecule has 0 saturated heterocycles. The van der Waals surface area contributed by atoms with Gasteiger partial charge in [-0.25, -0.2) is 0 Å². The van der Waals surface area contributed by atoms with E-state index in [0.717, 1.165) is 5.56 Å². The molecule has 1 rings (SSSR count). The van der Waals surface area contributed by atoms with Crippen LogP contribution in [0.15, 0.2) is 18.2 Å². The SMILES string of the molecule is COc1cccc(CN(CCC(=O)O)C(C)(C)C)c1OC. The Balaban J connectivity index is 3.00. The molecule has 0 atom stereocenters. The summed E-state index contributed by atoms with van der Waals surface area (Å²) in [6.45, 7) is 7.31. The molecule has 5 heteroatoms. The zero-order valence-electron chi connectivity index (χ0n) is 13.5. The average molecular weight is 295 g/mol. The van der Waals surface area contributed by atoms with Gasteiger partial charge in [0.15, 0.2) is 11.5 Å². The van der Waals surface area contributed by atoms with Crippen LogP contribution in [0.1, 0.15) is 32.8 Å². The average Bonchev–Trinajstić information content (AvgIpc) is 2.41. The second-order valence-electron chi connectivity index (χ2n) is 5.89. The van der Waals surface area contributed by atoms with Crippen molar-refractivity contribution >= 4 is 5.97 Å². The second-order valence-corrected chi connectivity index (χ2v) is 5.89. The van der Waals surface area contributed by atoms with E-state index in [0.29, 0.717) is 24.6 Å². The molecule has 118 valence electrons. The summed E-state index contributed by atoms with van der Waals surface area (Å²) < 4.78 is 10.7. The first-order valence-electron chi connectivity index (χ1n) is 6.96. The molecule has 0 saturated carbocycles. The van der Waals surface area contributed by atoms with Gasteiger partial charge < -0.3 is 14.6 Å². The van der Waals surface area contributed by atoms with E-state index in [4.69, 9.17) is 14.6 Å². The van der Waals surface area contributed by atoms with Gasteiger partial charge in [-0.1, -0.05) is 12.1 Å². The predicted molar refractivity (Wildman–Crippen MR) is 82.0 cm³/mol. The molecule has 1 aromatic rings. The lowest BCUT2D eigenvalue weighted by molar-refractivity contribution is -0.137. The number of hydrogen-bond acceptors (Lipinski definition) is 4. The Morgan fingerprint density at radius 1 is 1.24 bits per heavy atom. The van der Waals surface area contributed by atoms with Gasteiger partial charge in [-0.2, -0.15) is 0 Å². The van der Waals surface area contributed by atoms with Crippen molar-refractivity contribution in [1.82, 2.24) is 4.90 Å². The predicted octanol–water partition coefficient (Wildman–Crippen LogP) is 2.78. The molecule has 0 spiro atoms. The van der Waals surface area contributed by atoms with Gasteiger partial charge in [0, 0.05) is 24.2 Å². The van der Waals surface area contributed by atoms with Gasteiger partial charge in [-0.05, 0) is 26.8 Å². The normalized spacial score (nSPS) is 11.5. The number of rotatable bonds is 7. The van der Waals surface area contributed by atoms with Crippen LogP contribution in [0.2, 0.25) is 0 Å². The maximum atomic E-state index is 10.8. The van der Waals surface area contributed by atoms with Crippen molar-refractivity contribution in [1.29, 1.82) is 0 Å². The van der Waals surface area contributed by atoms with Crippen LogP contribution in [0.4, 0.5) is 0 Å². The monoisotopic (exact) mass is 295 g/mol. The molecule has 1 aromatic carbocycles. The highest BCUT2D eigenvalue weighted by Gasteiger charge is 2.23. The van der Waals surface area contributed by atoms with Crippen LogP contribution in [0.5, 0.6) is 11.5 Å². The number of methoxy groups -OCH3 is 2. The standard InChI is InChI=1S/C16H25NO4/c1-16(2,3)17(10-9-14(18)19)11-12-7-6-8-13(20-4)15(12)21-5/h6-8H,9-11H2,1-5H3,(H,18,19). The summed E-state index contributed by atoms with van der Waals surface area (Å²) in [5.41, 5.74) is 0.848. The fourth-order valence-electron chi connectivity index (χ4n) is 2.17. The van der Waals surface area contributed by atoms with Crippen LogP contribution in [-0.4, -0.2) is 42.3 Å². The molecule has 0 amide bonds. The summed E-state index contributed by atoms with van der Waals surface area (Å²) in [6, 6.07) is 5.73. The highest BCUT2D eigenvalue weighted by molar-refractivity contribution is 5.66. The van der Waals surface area contributed by atoms with Crippen LogP contribution in [0.25, 0.3) is 0 Å². The Labute approximate surface area is 126 Å². The summed E-state index contributed by atoms with van der Waals surface area (Å²) in [6.07, 6.45) is 0.115. The summed E-state index contributed by atoms with van der Waals surface area (Å²) in [5.74, 6) is 0.591. The van der Waals surface area contributed by atoms with E-state index in [1.807, 2.05) is 18.2 Å². The fraction of sp³-hybridized carbons (Fsp3) is 0.562. The molecule has 0 aliphatic rings. The highest BCUT2D eigenvalue weighted by Crippen LogP contribution is 2.32. The number of carbonyl (C=O) groups is 1. The lowest BCUT2D eigenvalue weighted by atomic mass is 10.0. The number of para-hydroxylation sites is 1.